The predicted octanol–water partition coefficient (Wildman–Crippen LogP) is 5.29. The van der Waals surface area contributed by atoms with Crippen molar-refractivity contribution in [2.45, 2.75) is 12.1 Å². The third-order valence-corrected chi connectivity index (χ3v) is 7.59. The van der Waals surface area contributed by atoms with Crippen LogP contribution in [0.2, 0.25) is 0 Å². The number of aliphatic imine (C=N–C) groups is 1. The summed E-state index contributed by atoms with van der Waals surface area (Å²) < 4.78 is 8.06. The second-order valence-corrected chi connectivity index (χ2v) is 9.77. The first-order valence-corrected chi connectivity index (χ1v) is 12.9. The number of nitrogens with one attached hydrogen (secondary N) is 1. The second-order valence-electron chi connectivity index (χ2n) is 8.70. The Hall–Kier alpha value is -3.77. The maximum absolute atomic E-state index is 13.0. The molecule has 5 nitrogen and oxygen atoms in total. The number of benzene rings is 3. The number of para-hydroxylation sites is 1. The zero-order valence-corrected chi connectivity index (χ0v) is 19.9. The Morgan fingerprint density at radius 2 is 1.71 bits per heavy atom. The van der Waals surface area contributed by atoms with Gasteiger partial charge in [-0.25, -0.2) is 0 Å². The standard InChI is InChI=1S/C29H25N3O2S/c33-29(21-12-14-22(15-13-21)34-23-18-35-19-23)30-17-25-27-11-6-16-32(27)26-10-5-4-9-24(26)28(31-25)20-7-2-1-3-8-20/h1-16,23,28H,17-19H2,(H,30,33)/t28-/m0/s1. The topological polar surface area (TPSA) is 55.6 Å². The fourth-order valence-electron chi connectivity index (χ4n) is 4.51. The van der Waals surface area contributed by atoms with E-state index in [0.717, 1.165) is 45.5 Å². The lowest BCUT2D eigenvalue weighted by Gasteiger charge is -2.25. The Balaban J connectivity index is 1.27. The van der Waals surface area contributed by atoms with Crippen LogP contribution in [-0.2, 0) is 0 Å². The molecule has 1 aromatic heterocycles. The number of aromatic nitrogens is 1. The third-order valence-electron chi connectivity index (χ3n) is 6.38. The number of hydrogen-bond acceptors (Lipinski definition) is 4. The molecule has 174 valence electrons. The van der Waals surface area contributed by atoms with E-state index in [1.807, 2.05) is 60.3 Å². The first-order chi connectivity index (χ1) is 17.3. The van der Waals surface area contributed by atoms with Crippen molar-refractivity contribution in [2.75, 3.05) is 18.1 Å². The number of fused-ring (bicyclic) bond motifs is 3. The fourth-order valence-corrected chi connectivity index (χ4v) is 5.07. The Morgan fingerprint density at radius 1 is 0.943 bits per heavy atom. The average Bonchev–Trinajstić information content (AvgIpc) is 3.32. The van der Waals surface area contributed by atoms with Crippen LogP contribution in [0.3, 0.4) is 0 Å². The molecule has 35 heavy (non-hydrogen) atoms. The van der Waals surface area contributed by atoms with Crippen LogP contribution in [0.1, 0.15) is 33.2 Å². The molecular formula is C29H25N3O2S. The first kappa shape index (κ1) is 21.7. The molecule has 6 heteroatoms. The number of thioether (sulfide) groups is 1. The van der Waals surface area contributed by atoms with Gasteiger partial charge in [-0.1, -0.05) is 48.5 Å². The number of hydrogen-bond donors (Lipinski definition) is 1. The number of carbonyl (C=O) groups is 1. The van der Waals surface area contributed by atoms with Gasteiger partial charge >= 0.3 is 0 Å². The lowest BCUT2D eigenvalue weighted by Crippen LogP contribution is -2.31. The molecule has 0 spiro atoms. The molecular weight excluding hydrogens is 454 g/mol. The van der Waals surface area contributed by atoms with Crippen molar-refractivity contribution in [1.29, 1.82) is 0 Å². The summed E-state index contributed by atoms with van der Waals surface area (Å²) in [7, 11) is 0. The quantitative estimate of drug-likeness (QED) is 0.409. The van der Waals surface area contributed by atoms with Crippen LogP contribution >= 0.6 is 11.8 Å². The minimum atomic E-state index is -0.152. The minimum absolute atomic E-state index is 0.130. The molecule has 0 bridgehead atoms. The van der Waals surface area contributed by atoms with Gasteiger partial charge in [0.2, 0.25) is 0 Å². The molecule has 1 fully saturated rings. The van der Waals surface area contributed by atoms with E-state index in [0.29, 0.717) is 12.1 Å². The molecule has 0 radical (unpaired) electrons. The number of nitrogens with zero attached hydrogens (tertiary/aromatic N) is 2. The Kier molecular flexibility index (Phi) is 5.88. The van der Waals surface area contributed by atoms with Crippen LogP contribution < -0.4 is 10.1 Å². The molecule has 3 heterocycles. The van der Waals surface area contributed by atoms with Gasteiger partial charge in [0.05, 0.1) is 23.6 Å². The van der Waals surface area contributed by atoms with E-state index in [1.54, 1.807) is 0 Å². The van der Waals surface area contributed by atoms with Crippen LogP contribution in [0, 0.1) is 0 Å². The van der Waals surface area contributed by atoms with Gasteiger partial charge in [0.15, 0.2) is 0 Å². The normalized spacial score (nSPS) is 16.8. The van der Waals surface area contributed by atoms with Crippen LogP contribution in [0.15, 0.2) is 102 Å². The molecule has 2 aliphatic heterocycles. The number of carbonyl (C=O) groups excluding carboxylic acids is 1. The molecule has 0 aliphatic carbocycles. The highest BCUT2D eigenvalue weighted by Crippen LogP contribution is 2.34. The average molecular weight is 480 g/mol. The summed E-state index contributed by atoms with van der Waals surface area (Å²) in [6, 6.07) is 30.0. The molecule has 1 saturated heterocycles. The van der Waals surface area contributed by atoms with Crippen molar-refractivity contribution >= 4 is 23.4 Å². The lowest BCUT2D eigenvalue weighted by atomic mass is 9.97. The Labute approximate surface area is 208 Å². The van der Waals surface area contributed by atoms with Crippen LogP contribution in [-0.4, -0.2) is 40.3 Å². The summed E-state index contributed by atoms with van der Waals surface area (Å²) in [5, 5.41) is 3.08. The van der Waals surface area contributed by atoms with Gasteiger partial charge in [0.25, 0.3) is 5.91 Å². The van der Waals surface area contributed by atoms with Gasteiger partial charge in [-0.05, 0) is 48.0 Å². The summed E-state index contributed by atoms with van der Waals surface area (Å²) in [6.45, 7) is 0.331. The minimum Gasteiger partial charge on any atom is -0.489 e. The monoisotopic (exact) mass is 479 g/mol. The fraction of sp³-hybridized carbons (Fsp3) is 0.172. The summed E-state index contributed by atoms with van der Waals surface area (Å²) in [6.07, 6.45) is 2.34. The van der Waals surface area contributed by atoms with E-state index >= 15 is 0 Å². The van der Waals surface area contributed by atoms with Crippen molar-refractivity contribution in [1.82, 2.24) is 9.88 Å². The third kappa shape index (κ3) is 4.37. The van der Waals surface area contributed by atoms with E-state index in [4.69, 9.17) is 9.73 Å². The first-order valence-electron chi connectivity index (χ1n) is 11.8. The van der Waals surface area contributed by atoms with Crippen molar-refractivity contribution in [3.05, 3.63) is 120 Å². The van der Waals surface area contributed by atoms with Crippen LogP contribution in [0.4, 0.5) is 0 Å². The Morgan fingerprint density at radius 3 is 2.49 bits per heavy atom. The maximum atomic E-state index is 13.0. The molecule has 1 amide bonds. The predicted molar refractivity (Wildman–Crippen MR) is 141 cm³/mol. The molecule has 0 unspecified atom stereocenters. The summed E-state index contributed by atoms with van der Waals surface area (Å²) in [5.41, 5.74) is 5.79. The van der Waals surface area contributed by atoms with E-state index in [9.17, 15) is 4.79 Å². The summed E-state index contributed by atoms with van der Waals surface area (Å²) in [4.78, 5) is 18.2. The molecule has 6 rings (SSSR count). The van der Waals surface area contributed by atoms with Gasteiger partial charge in [-0.2, -0.15) is 11.8 Å². The van der Waals surface area contributed by atoms with Gasteiger partial charge in [-0.3, -0.25) is 9.79 Å². The molecule has 1 N–H and O–H groups in total. The number of ether oxygens (including phenoxy) is 1. The van der Waals surface area contributed by atoms with Crippen molar-refractivity contribution in [3.8, 4) is 11.4 Å². The number of amides is 1. The van der Waals surface area contributed by atoms with Crippen molar-refractivity contribution < 1.29 is 9.53 Å². The van der Waals surface area contributed by atoms with Crippen molar-refractivity contribution in [2.24, 2.45) is 4.99 Å². The van der Waals surface area contributed by atoms with E-state index in [1.165, 1.54) is 0 Å². The molecule has 4 aromatic rings. The van der Waals surface area contributed by atoms with Gasteiger partial charge < -0.3 is 14.6 Å². The zero-order chi connectivity index (χ0) is 23.6. The maximum Gasteiger partial charge on any atom is 0.251 e. The molecule has 2 aliphatic rings. The second kappa shape index (κ2) is 9.47. The van der Waals surface area contributed by atoms with Gasteiger partial charge in [0, 0.05) is 28.8 Å². The van der Waals surface area contributed by atoms with Crippen molar-refractivity contribution in [3.63, 3.8) is 0 Å². The van der Waals surface area contributed by atoms with Gasteiger partial charge in [-0.15, -0.1) is 0 Å². The summed E-state index contributed by atoms with van der Waals surface area (Å²) >= 11 is 1.88. The molecule has 0 saturated carbocycles. The van der Waals surface area contributed by atoms with Crippen LogP contribution in [0.25, 0.3) is 5.69 Å². The highest BCUT2D eigenvalue weighted by atomic mass is 32.2. The molecule has 1 atom stereocenters. The summed E-state index contributed by atoms with van der Waals surface area (Å²) in [5.74, 6) is 2.73. The largest absolute Gasteiger partial charge is 0.489 e. The highest BCUT2D eigenvalue weighted by Gasteiger charge is 2.25. The molecule has 3 aromatic carbocycles. The van der Waals surface area contributed by atoms with E-state index in [2.05, 4.69) is 58.5 Å². The Bertz CT molecular complexity index is 1370. The van der Waals surface area contributed by atoms with E-state index < -0.39 is 0 Å². The van der Waals surface area contributed by atoms with E-state index in [-0.39, 0.29) is 18.1 Å². The smallest absolute Gasteiger partial charge is 0.251 e. The zero-order valence-electron chi connectivity index (χ0n) is 19.1. The van der Waals surface area contributed by atoms with Crippen LogP contribution in [0.5, 0.6) is 5.75 Å². The lowest BCUT2D eigenvalue weighted by molar-refractivity contribution is 0.0959. The highest BCUT2D eigenvalue weighted by molar-refractivity contribution is 8.00. The number of rotatable bonds is 6. The SMILES string of the molecule is O=C(NCC1=N[C@@H](c2ccccc2)c2ccccc2-n2cccc21)c1ccc(OC2CSC2)cc1. The van der Waals surface area contributed by atoms with Gasteiger partial charge in [0.1, 0.15) is 17.9 Å².